The summed E-state index contributed by atoms with van der Waals surface area (Å²) >= 11 is 0. The van der Waals surface area contributed by atoms with Crippen molar-refractivity contribution in [3.8, 4) is 6.07 Å². The quantitative estimate of drug-likeness (QED) is 0.704. The Balaban J connectivity index is 1.52. The lowest BCUT2D eigenvalue weighted by atomic mass is 9.88. The third kappa shape index (κ3) is 3.38. The zero-order valence-electron chi connectivity index (χ0n) is 15.3. The molecule has 1 aliphatic rings. The van der Waals surface area contributed by atoms with Gasteiger partial charge >= 0.3 is 0 Å². The van der Waals surface area contributed by atoms with Gasteiger partial charge in [-0.25, -0.2) is 0 Å². The van der Waals surface area contributed by atoms with Crippen LogP contribution in [0.4, 0.5) is 0 Å². The number of nitrogens with one attached hydrogen (secondary N) is 1. The standard InChI is InChI=1S/C23H25N3/c1-26(15-17-6-3-2-4-7-17)16-19-8-5-9-20(19)22-14-25-23-11-10-18(13-24)12-21(22)23/h2-4,6-7,10-12,14,19-20,25H,5,8-9,15-16H2,1H3/t19-,20+/m1/s1. The Hall–Kier alpha value is -2.57. The number of H-pyrrole nitrogens is 1. The second kappa shape index (κ2) is 7.35. The van der Waals surface area contributed by atoms with Gasteiger partial charge in [-0.05, 0) is 61.1 Å². The summed E-state index contributed by atoms with van der Waals surface area (Å²) in [6, 6.07) is 18.9. The van der Waals surface area contributed by atoms with Crippen LogP contribution in [0.25, 0.3) is 10.9 Å². The van der Waals surface area contributed by atoms with Gasteiger partial charge in [0.25, 0.3) is 0 Å². The van der Waals surface area contributed by atoms with Gasteiger partial charge in [-0.2, -0.15) is 5.26 Å². The molecule has 1 heterocycles. The number of fused-ring (bicyclic) bond motifs is 1. The first-order valence-electron chi connectivity index (χ1n) is 9.48. The molecular weight excluding hydrogens is 318 g/mol. The van der Waals surface area contributed by atoms with Gasteiger partial charge in [-0.1, -0.05) is 36.8 Å². The van der Waals surface area contributed by atoms with Crippen molar-refractivity contribution in [1.29, 1.82) is 5.26 Å². The van der Waals surface area contributed by atoms with Crippen LogP contribution in [0.1, 0.15) is 41.9 Å². The lowest BCUT2D eigenvalue weighted by Gasteiger charge is -2.25. The molecule has 1 N–H and O–H groups in total. The normalized spacial score (nSPS) is 19.9. The minimum Gasteiger partial charge on any atom is -0.361 e. The Bertz CT molecular complexity index is 920. The van der Waals surface area contributed by atoms with Gasteiger partial charge in [0.2, 0.25) is 0 Å². The topological polar surface area (TPSA) is 42.8 Å². The highest BCUT2D eigenvalue weighted by Gasteiger charge is 2.31. The Morgan fingerprint density at radius 2 is 2.00 bits per heavy atom. The summed E-state index contributed by atoms with van der Waals surface area (Å²) in [7, 11) is 2.23. The van der Waals surface area contributed by atoms with Gasteiger partial charge < -0.3 is 9.88 Å². The van der Waals surface area contributed by atoms with E-state index in [9.17, 15) is 5.26 Å². The van der Waals surface area contributed by atoms with Gasteiger partial charge in [-0.15, -0.1) is 0 Å². The number of nitriles is 1. The smallest absolute Gasteiger partial charge is 0.0991 e. The third-order valence-corrected chi connectivity index (χ3v) is 5.74. The molecule has 0 saturated heterocycles. The summed E-state index contributed by atoms with van der Waals surface area (Å²) in [5.74, 6) is 1.25. The highest BCUT2D eigenvalue weighted by molar-refractivity contribution is 5.85. The van der Waals surface area contributed by atoms with Crippen LogP contribution < -0.4 is 0 Å². The zero-order chi connectivity index (χ0) is 17.9. The maximum atomic E-state index is 9.24. The van der Waals surface area contributed by atoms with Gasteiger partial charge in [-0.3, -0.25) is 0 Å². The molecule has 26 heavy (non-hydrogen) atoms. The predicted octanol–water partition coefficient (Wildman–Crippen LogP) is 5.06. The van der Waals surface area contributed by atoms with Crippen LogP contribution in [-0.4, -0.2) is 23.5 Å². The average Bonchev–Trinajstić information content (AvgIpc) is 3.28. The summed E-state index contributed by atoms with van der Waals surface area (Å²) in [5.41, 5.74) is 4.65. The van der Waals surface area contributed by atoms with E-state index in [0.717, 1.165) is 24.2 Å². The molecule has 0 spiro atoms. The lowest BCUT2D eigenvalue weighted by Crippen LogP contribution is -2.26. The molecule has 3 nitrogen and oxygen atoms in total. The second-order valence-corrected chi connectivity index (χ2v) is 7.60. The van der Waals surface area contributed by atoms with Crippen LogP contribution in [0.5, 0.6) is 0 Å². The number of rotatable bonds is 5. The molecule has 0 unspecified atom stereocenters. The second-order valence-electron chi connectivity index (χ2n) is 7.60. The van der Waals surface area contributed by atoms with Gasteiger partial charge in [0.05, 0.1) is 11.6 Å². The van der Waals surface area contributed by atoms with Crippen molar-refractivity contribution in [3.05, 3.63) is 71.4 Å². The van der Waals surface area contributed by atoms with E-state index in [1.54, 1.807) is 0 Å². The van der Waals surface area contributed by atoms with E-state index < -0.39 is 0 Å². The van der Waals surface area contributed by atoms with Gasteiger partial charge in [0, 0.05) is 30.2 Å². The van der Waals surface area contributed by atoms with E-state index in [-0.39, 0.29) is 0 Å². The van der Waals surface area contributed by atoms with Crippen molar-refractivity contribution in [2.24, 2.45) is 5.92 Å². The molecule has 1 saturated carbocycles. The monoisotopic (exact) mass is 343 g/mol. The Morgan fingerprint density at radius 3 is 2.81 bits per heavy atom. The fourth-order valence-electron chi connectivity index (χ4n) is 4.54. The molecule has 4 rings (SSSR count). The summed E-state index contributed by atoms with van der Waals surface area (Å²) in [6.45, 7) is 2.11. The van der Waals surface area contributed by atoms with Crippen molar-refractivity contribution >= 4 is 10.9 Å². The molecule has 0 radical (unpaired) electrons. The first-order valence-corrected chi connectivity index (χ1v) is 9.48. The highest BCUT2D eigenvalue weighted by Crippen LogP contribution is 2.42. The van der Waals surface area contributed by atoms with E-state index in [1.165, 1.54) is 35.8 Å². The maximum absolute atomic E-state index is 9.24. The van der Waals surface area contributed by atoms with E-state index in [1.807, 2.05) is 18.2 Å². The summed E-state index contributed by atoms with van der Waals surface area (Å²) in [4.78, 5) is 5.86. The van der Waals surface area contributed by atoms with Crippen LogP contribution in [0, 0.1) is 17.2 Å². The summed E-state index contributed by atoms with van der Waals surface area (Å²) < 4.78 is 0. The molecule has 1 aliphatic carbocycles. The zero-order valence-corrected chi connectivity index (χ0v) is 15.3. The van der Waals surface area contributed by atoms with Gasteiger partial charge in [0.1, 0.15) is 0 Å². The molecule has 0 aliphatic heterocycles. The number of aromatic nitrogens is 1. The van der Waals surface area contributed by atoms with Crippen LogP contribution in [0.3, 0.4) is 0 Å². The fourth-order valence-corrected chi connectivity index (χ4v) is 4.54. The summed E-state index contributed by atoms with van der Waals surface area (Å²) in [5, 5.41) is 10.5. The molecule has 0 bridgehead atoms. The Morgan fingerprint density at radius 1 is 1.15 bits per heavy atom. The first-order chi connectivity index (χ1) is 12.7. The van der Waals surface area contributed by atoms with Crippen molar-refractivity contribution in [1.82, 2.24) is 9.88 Å². The minimum atomic E-state index is 0.580. The van der Waals surface area contributed by atoms with E-state index in [0.29, 0.717) is 11.8 Å². The van der Waals surface area contributed by atoms with Crippen LogP contribution >= 0.6 is 0 Å². The number of benzene rings is 2. The lowest BCUT2D eigenvalue weighted by molar-refractivity contribution is 0.259. The minimum absolute atomic E-state index is 0.580. The van der Waals surface area contributed by atoms with Crippen LogP contribution in [-0.2, 0) is 6.54 Å². The molecule has 0 amide bonds. The van der Waals surface area contributed by atoms with E-state index >= 15 is 0 Å². The fraction of sp³-hybridized carbons (Fsp3) is 0.348. The Labute approximate surface area is 155 Å². The van der Waals surface area contributed by atoms with Crippen molar-refractivity contribution in [2.45, 2.75) is 31.7 Å². The van der Waals surface area contributed by atoms with E-state index in [4.69, 9.17) is 0 Å². The SMILES string of the molecule is CN(Cc1ccccc1)C[C@H]1CCC[C@@H]1c1c[nH]c2ccc(C#N)cc12. The number of aromatic amines is 1. The maximum Gasteiger partial charge on any atom is 0.0991 e. The third-order valence-electron chi connectivity index (χ3n) is 5.74. The largest absolute Gasteiger partial charge is 0.361 e. The van der Waals surface area contributed by atoms with Crippen molar-refractivity contribution in [2.75, 3.05) is 13.6 Å². The van der Waals surface area contributed by atoms with Crippen molar-refractivity contribution < 1.29 is 0 Å². The summed E-state index contributed by atoms with van der Waals surface area (Å²) in [6.07, 6.45) is 5.99. The molecule has 3 heteroatoms. The molecule has 3 aromatic rings. The predicted molar refractivity (Wildman–Crippen MR) is 106 cm³/mol. The molecule has 2 atom stereocenters. The molecular formula is C23H25N3. The van der Waals surface area contributed by atoms with Gasteiger partial charge in [0.15, 0.2) is 0 Å². The van der Waals surface area contributed by atoms with Crippen LogP contribution in [0.15, 0.2) is 54.7 Å². The molecule has 1 aromatic heterocycles. The number of hydrogen-bond donors (Lipinski definition) is 1. The first kappa shape index (κ1) is 16.9. The molecule has 2 aromatic carbocycles. The number of hydrogen-bond acceptors (Lipinski definition) is 2. The molecule has 1 fully saturated rings. The highest BCUT2D eigenvalue weighted by atomic mass is 15.1. The van der Waals surface area contributed by atoms with E-state index in [2.05, 4.69) is 59.5 Å². The Kier molecular flexibility index (Phi) is 4.77. The average molecular weight is 343 g/mol. The molecule has 132 valence electrons. The number of nitrogens with zero attached hydrogens (tertiary/aromatic N) is 2. The van der Waals surface area contributed by atoms with Crippen molar-refractivity contribution in [3.63, 3.8) is 0 Å². The van der Waals surface area contributed by atoms with Crippen LogP contribution in [0.2, 0.25) is 0 Å².